The first-order chi connectivity index (χ1) is 11.5. The summed E-state index contributed by atoms with van der Waals surface area (Å²) in [4.78, 5) is 26.2. The van der Waals surface area contributed by atoms with Gasteiger partial charge in [-0.1, -0.05) is 19.1 Å². The number of nitrogens with zero attached hydrogens (tertiary/aromatic N) is 3. The van der Waals surface area contributed by atoms with E-state index in [9.17, 15) is 14.0 Å². The van der Waals surface area contributed by atoms with Gasteiger partial charge in [0.15, 0.2) is 0 Å². The van der Waals surface area contributed by atoms with Gasteiger partial charge in [-0.2, -0.15) is 5.10 Å². The SMILES string of the molecule is CCCn1nc(C(=O)N(CC)[C@H](C)c2ccc(F)cc2)ccc1=O. The summed E-state index contributed by atoms with van der Waals surface area (Å²) in [6, 6.07) is 8.69. The zero-order chi connectivity index (χ0) is 17.7. The van der Waals surface area contributed by atoms with Crippen molar-refractivity contribution >= 4 is 5.91 Å². The lowest BCUT2D eigenvalue weighted by Gasteiger charge is -2.28. The molecule has 1 aromatic heterocycles. The third-order valence-electron chi connectivity index (χ3n) is 3.94. The highest BCUT2D eigenvalue weighted by molar-refractivity contribution is 5.92. The molecule has 0 spiro atoms. The van der Waals surface area contributed by atoms with E-state index in [1.807, 2.05) is 20.8 Å². The number of halogens is 1. The molecule has 1 atom stereocenters. The summed E-state index contributed by atoms with van der Waals surface area (Å²) in [7, 11) is 0. The van der Waals surface area contributed by atoms with Gasteiger partial charge < -0.3 is 4.90 Å². The van der Waals surface area contributed by atoms with Crippen LogP contribution < -0.4 is 5.56 Å². The van der Waals surface area contributed by atoms with E-state index in [-0.39, 0.29) is 29.0 Å². The molecule has 24 heavy (non-hydrogen) atoms. The molecule has 128 valence electrons. The zero-order valence-corrected chi connectivity index (χ0v) is 14.2. The zero-order valence-electron chi connectivity index (χ0n) is 14.2. The van der Waals surface area contributed by atoms with Gasteiger partial charge in [-0.3, -0.25) is 9.59 Å². The Bertz CT molecular complexity index is 756. The van der Waals surface area contributed by atoms with Crippen LogP contribution in [0.25, 0.3) is 0 Å². The molecule has 0 fully saturated rings. The van der Waals surface area contributed by atoms with Crippen molar-refractivity contribution in [2.75, 3.05) is 6.54 Å². The van der Waals surface area contributed by atoms with Gasteiger partial charge in [0.2, 0.25) is 0 Å². The van der Waals surface area contributed by atoms with Gasteiger partial charge in [-0.15, -0.1) is 0 Å². The van der Waals surface area contributed by atoms with Crippen LogP contribution in [0.2, 0.25) is 0 Å². The number of hydrogen-bond donors (Lipinski definition) is 0. The van der Waals surface area contributed by atoms with Gasteiger partial charge in [0.1, 0.15) is 11.5 Å². The van der Waals surface area contributed by atoms with E-state index >= 15 is 0 Å². The lowest BCUT2D eigenvalue weighted by atomic mass is 10.1. The number of hydrogen-bond acceptors (Lipinski definition) is 3. The number of carbonyl (C=O) groups is 1. The Kier molecular flexibility index (Phi) is 5.84. The van der Waals surface area contributed by atoms with Crippen LogP contribution in [0.3, 0.4) is 0 Å². The van der Waals surface area contributed by atoms with Crippen molar-refractivity contribution in [3.63, 3.8) is 0 Å². The molecule has 6 heteroatoms. The smallest absolute Gasteiger partial charge is 0.274 e. The first kappa shape index (κ1) is 17.8. The molecule has 1 aromatic carbocycles. The molecule has 0 N–H and O–H groups in total. The van der Waals surface area contributed by atoms with Crippen LogP contribution in [0.1, 0.15) is 49.3 Å². The van der Waals surface area contributed by atoms with Crippen LogP contribution in [0.15, 0.2) is 41.2 Å². The molecular weight excluding hydrogens is 309 g/mol. The maximum Gasteiger partial charge on any atom is 0.274 e. The fraction of sp³-hybridized carbons (Fsp3) is 0.389. The Labute approximate surface area is 140 Å². The lowest BCUT2D eigenvalue weighted by Crippen LogP contribution is -2.35. The standard InChI is InChI=1S/C18H22FN3O2/c1-4-12-22-17(23)11-10-16(20-22)18(24)21(5-2)13(3)14-6-8-15(19)9-7-14/h6-11,13H,4-5,12H2,1-3H3/t13-/m1/s1. The normalized spacial score (nSPS) is 12.0. The molecule has 0 aliphatic carbocycles. The van der Waals surface area contributed by atoms with Gasteiger partial charge in [0, 0.05) is 19.2 Å². The summed E-state index contributed by atoms with van der Waals surface area (Å²) >= 11 is 0. The van der Waals surface area contributed by atoms with E-state index in [2.05, 4.69) is 5.10 Å². The average molecular weight is 331 g/mol. The topological polar surface area (TPSA) is 55.2 Å². The number of rotatable bonds is 6. The Balaban J connectivity index is 2.29. The van der Waals surface area contributed by atoms with Crippen LogP contribution in [0.5, 0.6) is 0 Å². The van der Waals surface area contributed by atoms with Crippen molar-refractivity contribution in [3.8, 4) is 0 Å². The second-order valence-corrected chi connectivity index (χ2v) is 5.60. The second kappa shape index (κ2) is 7.86. The minimum absolute atomic E-state index is 0.219. The Morgan fingerprint density at radius 1 is 1.21 bits per heavy atom. The van der Waals surface area contributed by atoms with Gasteiger partial charge in [0.05, 0.1) is 6.04 Å². The van der Waals surface area contributed by atoms with Crippen molar-refractivity contribution in [2.24, 2.45) is 0 Å². The molecule has 0 aliphatic rings. The summed E-state index contributed by atoms with van der Waals surface area (Å²) in [6.45, 7) is 6.65. The first-order valence-electron chi connectivity index (χ1n) is 8.12. The Morgan fingerprint density at radius 2 is 1.88 bits per heavy atom. The van der Waals surface area contributed by atoms with Crippen molar-refractivity contribution in [3.05, 3.63) is 63.8 Å². The minimum atomic E-state index is -0.311. The number of amides is 1. The highest BCUT2D eigenvalue weighted by Gasteiger charge is 2.23. The van der Waals surface area contributed by atoms with Crippen molar-refractivity contribution in [1.82, 2.24) is 14.7 Å². The van der Waals surface area contributed by atoms with Gasteiger partial charge in [-0.25, -0.2) is 9.07 Å². The summed E-state index contributed by atoms with van der Waals surface area (Å²) in [5.74, 6) is -0.562. The second-order valence-electron chi connectivity index (χ2n) is 5.60. The van der Waals surface area contributed by atoms with Crippen molar-refractivity contribution in [2.45, 2.75) is 39.8 Å². The summed E-state index contributed by atoms with van der Waals surface area (Å²) in [6.07, 6.45) is 0.758. The molecule has 0 saturated carbocycles. The predicted molar refractivity (Wildman–Crippen MR) is 90.3 cm³/mol. The first-order valence-corrected chi connectivity index (χ1v) is 8.12. The molecule has 0 saturated heterocycles. The van der Waals surface area contributed by atoms with E-state index < -0.39 is 0 Å². The Morgan fingerprint density at radius 3 is 2.46 bits per heavy atom. The van der Waals surface area contributed by atoms with E-state index in [4.69, 9.17) is 0 Å². The molecule has 5 nitrogen and oxygen atoms in total. The van der Waals surface area contributed by atoms with Crippen LogP contribution in [-0.2, 0) is 6.54 Å². The van der Waals surface area contributed by atoms with E-state index in [1.54, 1.807) is 17.0 Å². The maximum absolute atomic E-state index is 13.1. The van der Waals surface area contributed by atoms with Crippen molar-refractivity contribution < 1.29 is 9.18 Å². The molecule has 2 rings (SSSR count). The minimum Gasteiger partial charge on any atom is -0.331 e. The monoisotopic (exact) mass is 331 g/mol. The summed E-state index contributed by atoms with van der Waals surface area (Å²) in [5.41, 5.74) is 0.857. The number of aromatic nitrogens is 2. The fourth-order valence-electron chi connectivity index (χ4n) is 2.60. The van der Waals surface area contributed by atoms with Gasteiger partial charge in [-0.05, 0) is 44.0 Å². The lowest BCUT2D eigenvalue weighted by molar-refractivity contribution is 0.0693. The summed E-state index contributed by atoms with van der Waals surface area (Å²) in [5, 5.41) is 4.17. The quantitative estimate of drug-likeness (QED) is 0.817. The molecule has 2 aromatic rings. The molecule has 0 radical (unpaired) electrons. The molecule has 0 bridgehead atoms. The van der Waals surface area contributed by atoms with Crippen LogP contribution >= 0.6 is 0 Å². The van der Waals surface area contributed by atoms with Crippen LogP contribution in [0.4, 0.5) is 4.39 Å². The number of carbonyl (C=O) groups excluding carboxylic acids is 1. The van der Waals surface area contributed by atoms with E-state index in [1.165, 1.54) is 28.9 Å². The van der Waals surface area contributed by atoms with Gasteiger partial charge >= 0.3 is 0 Å². The molecule has 1 heterocycles. The highest BCUT2D eigenvalue weighted by atomic mass is 19.1. The third-order valence-corrected chi connectivity index (χ3v) is 3.94. The largest absolute Gasteiger partial charge is 0.331 e. The predicted octanol–water partition coefficient (Wildman–Crippen LogP) is 3.02. The van der Waals surface area contributed by atoms with Gasteiger partial charge in [0.25, 0.3) is 11.5 Å². The van der Waals surface area contributed by atoms with Crippen LogP contribution in [-0.4, -0.2) is 27.1 Å². The molecule has 0 aliphatic heterocycles. The van der Waals surface area contributed by atoms with Crippen molar-refractivity contribution in [1.29, 1.82) is 0 Å². The number of aryl methyl sites for hydroxylation is 1. The van der Waals surface area contributed by atoms with E-state index in [0.717, 1.165) is 12.0 Å². The number of benzene rings is 1. The van der Waals surface area contributed by atoms with Crippen LogP contribution in [0, 0.1) is 5.82 Å². The average Bonchev–Trinajstić information content (AvgIpc) is 2.58. The highest BCUT2D eigenvalue weighted by Crippen LogP contribution is 2.21. The molecule has 0 unspecified atom stereocenters. The maximum atomic E-state index is 13.1. The fourth-order valence-corrected chi connectivity index (χ4v) is 2.60. The Hall–Kier alpha value is -2.50. The molecular formula is C18H22FN3O2. The van der Waals surface area contributed by atoms with E-state index in [0.29, 0.717) is 13.1 Å². The summed E-state index contributed by atoms with van der Waals surface area (Å²) < 4.78 is 14.4. The molecule has 1 amide bonds. The third kappa shape index (κ3) is 3.88.